The highest BCUT2D eigenvalue weighted by molar-refractivity contribution is 6.25. The van der Waals surface area contributed by atoms with Crippen molar-refractivity contribution in [2.45, 2.75) is 6.92 Å². The van der Waals surface area contributed by atoms with Crippen LogP contribution in [0.25, 0.3) is 23.0 Å². The number of rotatable bonds is 6. The Labute approximate surface area is 184 Å². The van der Waals surface area contributed by atoms with Gasteiger partial charge in [-0.15, -0.1) is 0 Å². The zero-order valence-corrected chi connectivity index (χ0v) is 17.5. The SMILES string of the molecule is COc1ccc(-c2nn(-c3ccccc3)cc2/C=C/C(=O)C2C(=O)C=C(C)OC2=O)cc1. The Kier molecular flexibility index (Phi) is 5.81. The molecule has 1 aliphatic heterocycles. The van der Waals surface area contributed by atoms with Gasteiger partial charge in [-0.2, -0.15) is 5.10 Å². The van der Waals surface area contributed by atoms with E-state index in [1.165, 1.54) is 13.0 Å². The molecule has 1 unspecified atom stereocenters. The number of esters is 1. The first-order valence-electron chi connectivity index (χ1n) is 9.91. The molecular formula is C25H20N2O5. The van der Waals surface area contributed by atoms with Crippen LogP contribution in [0.4, 0.5) is 0 Å². The van der Waals surface area contributed by atoms with E-state index in [4.69, 9.17) is 9.47 Å². The van der Waals surface area contributed by atoms with E-state index in [1.807, 2.05) is 54.6 Å². The van der Waals surface area contributed by atoms with Crippen LogP contribution in [-0.2, 0) is 19.1 Å². The normalized spacial score (nSPS) is 16.1. The minimum absolute atomic E-state index is 0.180. The first-order valence-corrected chi connectivity index (χ1v) is 9.91. The highest BCUT2D eigenvalue weighted by Gasteiger charge is 2.36. The molecule has 7 nitrogen and oxygen atoms in total. The van der Waals surface area contributed by atoms with Crippen molar-refractivity contribution in [3.8, 4) is 22.7 Å². The lowest BCUT2D eigenvalue weighted by Gasteiger charge is -2.15. The maximum absolute atomic E-state index is 12.6. The number of hydrogen-bond acceptors (Lipinski definition) is 6. The summed E-state index contributed by atoms with van der Waals surface area (Å²) < 4.78 is 11.9. The van der Waals surface area contributed by atoms with Crippen molar-refractivity contribution in [2.75, 3.05) is 7.11 Å². The van der Waals surface area contributed by atoms with Crippen LogP contribution in [0.5, 0.6) is 5.75 Å². The molecule has 4 rings (SSSR count). The molecular weight excluding hydrogens is 408 g/mol. The average Bonchev–Trinajstić information content (AvgIpc) is 3.22. The second-order valence-electron chi connectivity index (χ2n) is 7.19. The zero-order valence-electron chi connectivity index (χ0n) is 17.5. The topological polar surface area (TPSA) is 87.5 Å². The van der Waals surface area contributed by atoms with Crippen LogP contribution in [0, 0.1) is 5.92 Å². The van der Waals surface area contributed by atoms with Gasteiger partial charge in [0.1, 0.15) is 11.5 Å². The van der Waals surface area contributed by atoms with Gasteiger partial charge in [-0.1, -0.05) is 18.2 Å². The third-order valence-electron chi connectivity index (χ3n) is 4.97. The van der Waals surface area contributed by atoms with Gasteiger partial charge in [-0.3, -0.25) is 14.4 Å². The first-order chi connectivity index (χ1) is 15.5. The van der Waals surface area contributed by atoms with E-state index in [9.17, 15) is 14.4 Å². The summed E-state index contributed by atoms with van der Waals surface area (Å²) in [6.07, 6.45) is 5.72. The van der Waals surface area contributed by atoms with Crippen LogP contribution in [0.3, 0.4) is 0 Å². The lowest BCUT2D eigenvalue weighted by Crippen LogP contribution is -2.34. The Bertz CT molecular complexity index is 1240. The molecule has 0 spiro atoms. The van der Waals surface area contributed by atoms with E-state index in [0.717, 1.165) is 17.3 Å². The van der Waals surface area contributed by atoms with Gasteiger partial charge in [0.05, 0.1) is 18.5 Å². The highest BCUT2D eigenvalue weighted by Crippen LogP contribution is 2.27. The largest absolute Gasteiger partial charge is 0.497 e. The van der Waals surface area contributed by atoms with Crippen molar-refractivity contribution in [3.05, 3.63) is 84.3 Å². The summed E-state index contributed by atoms with van der Waals surface area (Å²) in [5.74, 6) is -2.68. The molecule has 1 aliphatic rings. The summed E-state index contributed by atoms with van der Waals surface area (Å²) in [5.41, 5.74) is 2.95. The van der Waals surface area contributed by atoms with Crippen LogP contribution in [-0.4, -0.2) is 34.4 Å². The predicted octanol–water partition coefficient (Wildman–Crippen LogP) is 3.78. The molecule has 0 aliphatic carbocycles. The second-order valence-corrected chi connectivity index (χ2v) is 7.19. The van der Waals surface area contributed by atoms with E-state index in [0.29, 0.717) is 17.0 Å². The van der Waals surface area contributed by atoms with Gasteiger partial charge < -0.3 is 9.47 Å². The molecule has 7 heteroatoms. The number of methoxy groups -OCH3 is 1. The fourth-order valence-corrected chi connectivity index (χ4v) is 3.37. The molecule has 2 heterocycles. The number of benzene rings is 2. The molecule has 32 heavy (non-hydrogen) atoms. The predicted molar refractivity (Wildman–Crippen MR) is 118 cm³/mol. The van der Waals surface area contributed by atoms with Gasteiger partial charge in [0.15, 0.2) is 17.5 Å². The number of carbonyl (C=O) groups excluding carboxylic acids is 3. The molecule has 3 aromatic rings. The van der Waals surface area contributed by atoms with Gasteiger partial charge in [0, 0.05) is 23.4 Å². The van der Waals surface area contributed by atoms with Gasteiger partial charge in [-0.05, 0) is 55.5 Å². The van der Waals surface area contributed by atoms with Crippen molar-refractivity contribution >= 4 is 23.6 Å². The summed E-state index contributed by atoms with van der Waals surface area (Å²) in [5, 5.41) is 4.68. The molecule has 160 valence electrons. The minimum atomic E-state index is -1.48. The Balaban J connectivity index is 1.70. The number of hydrogen-bond donors (Lipinski definition) is 0. The fourth-order valence-electron chi connectivity index (χ4n) is 3.37. The lowest BCUT2D eigenvalue weighted by molar-refractivity contribution is -0.151. The van der Waals surface area contributed by atoms with Crippen LogP contribution in [0.2, 0.25) is 0 Å². The van der Waals surface area contributed by atoms with Crippen molar-refractivity contribution in [1.82, 2.24) is 9.78 Å². The Morgan fingerprint density at radius 2 is 1.81 bits per heavy atom. The summed E-state index contributed by atoms with van der Waals surface area (Å²) in [6.45, 7) is 1.49. The standard InChI is InChI=1S/C25H20N2O5/c1-16-14-22(29)23(25(30)32-16)21(28)13-10-18-15-27(19-6-4-3-5-7-19)26-24(18)17-8-11-20(31-2)12-9-17/h3-15,23H,1-2H3/b13-10+. The van der Waals surface area contributed by atoms with E-state index in [1.54, 1.807) is 24.1 Å². The number of ether oxygens (including phenoxy) is 2. The van der Waals surface area contributed by atoms with E-state index < -0.39 is 23.5 Å². The lowest BCUT2D eigenvalue weighted by atomic mass is 9.95. The number of aromatic nitrogens is 2. The Morgan fingerprint density at radius 3 is 2.47 bits per heavy atom. The van der Waals surface area contributed by atoms with Crippen molar-refractivity contribution in [1.29, 1.82) is 0 Å². The highest BCUT2D eigenvalue weighted by atomic mass is 16.5. The number of nitrogens with zero attached hydrogens (tertiary/aromatic N) is 2. The van der Waals surface area contributed by atoms with Gasteiger partial charge in [0.2, 0.25) is 0 Å². The summed E-state index contributed by atoms with van der Waals surface area (Å²) in [4.78, 5) is 36.8. The van der Waals surface area contributed by atoms with Crippen LogP contribution >= 0.6 is 0 Å². The average molecular weight is 428 g/mol. The Morgan fingerprint density at radius 1 is 1.09 bits per heavy atom. The molecule has 2 aromatic carbocycles. The number of allylic oxidation sites excluding steroid dienone is 3. The van der Waals surface area contributed by atoms with E-state index >= 15 is 0 Å². The zero-order chi connectivity index (χ0) is 22.7. The maximum Gasteiger partial charge on any atom is 0.329 e. The number of carbonyl (C=O) groups is 3. The summed E-state index contributed by atoms with van der Waals surface area (Å²) >= 11 is 0. The summed E-state index contributed by atoms with van der Waals surface area (Å²) in [7, 11) is 1.59. The van der Waals surface area contributed by atoms with Crippen molar-refractivity contribution in [3.63, 3.8) is 0 Å². The van der Waals surface area contributed by atoms with E-state index in [-0.39, 0.29) is 5.76 Å². The molecule has 1 atom stereocenters. The maximum atomic E-state index is 12.6. The monoisotopic (exact) mass is 428 g/mol. The molecule has 1 aromatic heterocycles. The van der Waals surface area contributed by atoms with Crippen LogP contribution < -0.4 is 4.74 Å². The van der Waals surface area contributed by atoms with Crippen molar-refractivity contribution < 1.29 is 23.9 Å². The Hall–Kier alpha value is -4.26. The second kappa shape index (κ2) is 8.85. The molecule has 0 bridgehead atoms. The summed E-state index contributed by atoms with van der Waals surface area (Å²) in [6, 6.07) is 16.9. The minimum Gasteiger partial charge on any atom is -0.497 e. The van der Waals surface area contributed by atoms with E-state index in [2.05, 4.69) is 5.10 Å². The fraction of sp³-hybridized carbons (Fsp3) is 0.120. The quantitative estimate of drug-likeness (QED) is 0.337. The molecule has 0 N–H and O–H groups in total. The third-order valence-corrected chi connectivity index (χ3v) is 4.97. The molecule has 0 radical (unpaired) electrons. The molecule has 0 saturated carbocycles. The third kappa shape index (κ3) is 4.27. The van der Waals surface area contributed by atoms with Gasteiger partial charge >= 0.3 is 5.97 Å². The number of ketones is 2. The van der Waals surface area contributed by atoms with Gasteiger partial charge in [0.25, 0.3) is 0 Å². The number of cyclic esters (lactones) is 1. The molecule has 0 saturated heterocycles. The van der Waals surface area contributed by atoms with Crippen LogP contribution in [0.15, 0.2) is 78.7 Å². The van der Waals surface area contributed by atoms with Crippen LogP contribution in [0.1, 0.15) is 12.5 Å². The smallest absolute Gasteiger partial charge is 0.329 e. The first kappa shape index (κ1) is 21.0. The van der Waals surface area contributed by atoms with Crippen molar-refractivity contribution in [2.24, 2.45) is 5.92 Å². The number of para-hydroxylation sites is 1. The molecule has 0 fully saturated rings. The molecule has 0 amide bonds. The van der Waals surface area contributed by atoms with Gasteiger partial charge in [-0.25, -0.2) is 4.68 Å².